The number of nitro groups is 1. The first kappa shape index (κ1) is 19.0. The van der Waals surface area contributed by atoms with E-state index < -0.39 is 4.92 Å². The molecule has 3 aromatic rings. The molecule has 0 amide bonds. The van der Waals surface area contributed by atoms with E-state index >= 15 is 0 Å². The lowest BCUT2D eigenvalue weighted by Crippen LogP contribution is -2.23. The van der Waals surface area contributed by atoms with Gasteiger partial charge in [0.1, 0.15) is 5.82 Å². The maximum atomic E-state index is 11.3. The lowest BCUT2D eigenvalue weighted by atomic mass is 10.3. The minimum absolute atomic E-state index is 0.0142. The number of aromatic nitrogens is 3. The summed E-state index contributed by atoms with van der Waals surface area (Å²) >= 11 is 1.56. The van der Waals surface area contributed by atoms with Crippen molar-refractivity contribution in [3.8, 4) is 0 Å². The summed E-state index contributed by atoms with van der Waals surface area (Å²) in [6, 6.07) is 11.1. The predicted molar refractivity (Wildman–Crippen MR) is 110 cm³/mol. The fraction of sp³-hybridized carbons (Fsp3) is 0.333. The van der Waals surface area contributed by atoms with Crippen LogP contribution in [0.2, 0.25) is 0 Å². The second-order valence-electron chi connectivity index (χ2n) is 5.80. The van der Waals surface area contributed by atoms with Gasteiger partial charge in [-0.25, -0.2) is 9.97 Å². The maximum Gasteiger partial charge on any atom is 0.311 e. The van der Waals surface area contributed by atoms with Crippen molar-refractivity contribution < 1.29 is 4.92 Å². The Hall–Kier alpha value is -2.81. The third-order valence-corrected chi connectivity index (χ3v) is 5.02. The number of thioether (sulfide) groups is 1. The van der Waals surface area contributed by atoms with E-state index in [4.69, 9.17) is 0 Å². The van der Waals surface area contributed by atoms with Crippen molar-refractivity contribution in [2.75, 3.05) is 35.6 Å². The summed E-state index contributed by atoms with van der Waals surface area (Å²) in [5.74, 6) is 1.74. The molecule has 0 saturated heterocycles. The first-order valence-electron chi connectivity index (χ1n) is 8.84. The Morgan fingerprint density at radius 3 is 2.67 bits per heavy atom. The van der Waals surface area contributed by atoms with Crippen molar-refractivity contribution in [1.29, 1.82) is 0 Å². The average molecular weight is 386 g/mol. The van der Waals surface area contributed by atoms with E-state index in [0.29, 0.717) is 18.1 Å². The van der Waals surface area contributed by atoms with Crippen LogP contribution in [-0.2, 0) is 0 Å². The van der Waals surface area contributed by atoms with Gasteiger partial charge in [-0.05, 0) is 32.0 Å². The smallest absolute Gasteiger partial charge is 0.311 e. The minimum atomic E-state index is -0.409. The lowest BCUT2D eigenvalue weighted by Gasteiger charge is -2.20. The Kier molecular flexibility index (Phi) is 6.12. The molecule has 0 aliphatic heterocycles. The lowest BCUT2D eigenvalue weighted by molar-refractivity contribution is -0.384. The van der Waals surface area contributed by atoms with E-state index in [-0.39, 0.29) is 5.69 Å². The summed E-state index contributed by atoms with van der Waals surface area (Å²) in [6.45, 7) is 6.19. The van der Waals surface area contributed by atoms with Crippen molar-refractivity contribution >= 4 is 40.1 Å². The molecule has 0 bridgehead atoms. The zero-order chi connectivity index (χ0) is 19.2. The monoisotopic (exact) mass is 386 g/mol. The number of para-hydroxylation sites is 2. The van der Waals surface area contributed by atoms with Crippen molar-refractivity contribution in [3.05, 3.63) is 46.5 Å². The summed E-state index contributed by atoms with van der Waals surface area (Å²) in [5.41, 5.74) is 1.91. The summed E-state index contributed by atoms with van der Waals surface area (Å²) in [7, 11) is 0. The van der Waals surface area contributed by atoms with Crippen LogP contribution in [-0.4, -0.2) is 45.3 Å². The maximum absolute atomic E-state index is 11.3. The van der Waals surface area contributed by atoms with Crippen LogP contribution in [0, 0.1) is 10.1 Å². The van der Waals surface area contributed by atoms with Gasteiger partial charge in [0, 0.05) is 31.5 Å². The number of rotatable bonds is 9. The Labute approximate surface area is 161 Å². The molecule has 9 heteroatoms. The van der Waals surface area contributed by atoms with Gasteiger partial charge in [-0.3, -0.25) is 10.1 Å². The molecule has 8 nitrogen and oxygen atoms in total. The van der Waals surface area contributed by atoms with Crippen molar-refractivity contribution in [2.45, 2.75) is 19.0 Å². The second kappa shape index (κ2) is 8.72. The van der Waals surface area contributed by atoms with E-state index in [1.54, 1.807) is 17.8 Å². The van der Waals surface area contributed by atoms with Crippen LogP contribution < -0.4 is 10.2 Å². The summed E-state index contributed by atoms with van der Waals surface area (Å²) < 4.78 is 0. The Morgan fingerprint density at radius 2 is 1.96 bits per heavy atom. The number of H-pyrrole nitrogens is 1. The molecule has 142 valence electrons. The van der Waals surface area contributed by atoms with Gasteiger partial charge in [-0.2, -0.15) is 0 Å². The molecule has 0 fully saturated rings. The van der Waals surface area contributed by atoms with E-state index in [2.05, 4.69) is 25.2 Å². The third-order valence-electron chi connectivity index (χ3n) is 4.14. The molecule has 3 rings (SSSR count). The van der Waals surface area contributed by atoms with E-state index in [9.17, 15) is 10.1 Å². The molecule has 0 aliphatic rings. The number of nitrogens with zero attached hydrogens (tertiary/aromatic N) is 4. The number of pyridine rings is 1. The Morgan fingerprint density at radius 1 is 1.19 bits per heavy atom. The van der Waals surface area contributed by atoms with Gasteiger partial charge < -0.3 is 15.2 Å². The Bertz CT molecular complexity index is 892. The van der Waals surface area contributed by atoms with Crippen molar-refractivity contribution in [3.63, 3.8) is 0 Å². The van der Waals surface area contributed by atoms with E-state index in [0.717, 1.165) is 35.1 Å². The first-order valence-corrected chi connectivity index (χ1v) is 9.82. The summed E-state index contributed by atoms with van der Waals surface area (Å²) in [5, 5.41) is 15.2. The minimum Gasteiger partial charge on any atom is -0.363 e. The summed E-state index contributed by atoms with van der Waals surface area (Å²) in [4.78, 5) is 25.2. The number of aromatic amines is 1. The van der Waals surface area contributed by atoms with Gasteiger partial charge in [-0.1, -0.05) is 23.9 Å². The number of anilines is 2. The third kappa shape index (κ3) is 4.48. The molecule has 2 heterocycles. The first-order chi connectivity index (χ1) is 13.1. The highest BCUT2D eigenvalue weighted by Crippen LogP contribution is 2.26. The molecule has 2 N–H and O–H groups in total. The molecule has 1 aromatic carbocycles. The van der Waals surface area contributed by atoms with Gasteiger partial charge in [0.2, 0.25) is 5.82 Å². The van der Waals surface area contributed by atoms with E-state index in [1.807, 2.05) is 38.1 Å². The van der Waals surface area contributed by atoms with Crippen molar-refractivity contribution in [1.82, 2.24) is 15.0 Å². The second-order valence-corrected chi connectivity index (χ2v) is 6.88. The Balaban J connectivity index is 1.65. The largest absolute Gasteiger partial charge is 0.363 e. The van der Waals surface area contributed by atoms with Crippen molar-refractivity contribution in [2.24, 2.45) is 0 Å². The number of hydrogen-bond acceptors (Lipinski definition) is 7. The highest BCUT2D eigenvalue weighted by atomic mass is 32.2. The zero-order valence-corrected chi connectivity index (χ0v) is 16.1. The summed E-state index contributed by atoms with van der Waals surface area (Å²) in [6.07, 6.45) is 0. The number of fused-ring (bicyclic) bond motifs is 1. The normalized spacial score (nSPS) is 10.9. The molecule has 27 heavy (non-hydrogen) atoms. The molecule has 0 unspecified atom stereocenters. The number of benzene rings is 1. The molecule has 0 spiro atoms. The molecular weight excluding hydrogens is 364 g/mol. The van der Waals surface area contributed by atoms with Crippen LogP contribution in [0.3, 0.4) is 0 Å². The van der Waals surface area contributed by atoms with Crippen LogP contribution in [0.5, 0.6) is 0 Å². The predicted octanol–water partition coefficient (Wildman–Crippen LogP) is 3.92. The quantitative estimate of drug-likeness (QED) is 0.249. The fourth-order valence-corrected chi connectivity index (χ4v) is 3.50. The standard InChI is InChI=1S/C18H22N6O2S/c1-3-23(4-2)16-10-9-15(24(25)26)17(22-16)19-11-12-27-18-20-13-7-5-6-8-14(13)21-18/h5-10H,3-4,11-12H2,1-2H3,(H,19,22)(H,20,21). The van der Waals surface area contributed by atoms with Gasteiger partial charge in [-0.15, -0.1) is 0 Å². The molecule has 0 atom stereocenters. The van der Waals surface area contributed by atoms with Crippen LogP contribution in [0.25, 0.3) is 11.0 Å². The molecule has 0 saturated carbocycles. The molecule has 0 aliphatic carbocycles. The van der Waals surface area contributed by atoms with Crippen LogP contribution in [0.1, 0.15) is 13.8 Å². The van der Waals surface area contributed by atoms with Crippen LogP contribution in [0.15, 0.2) is 41.6 Å². The van der Waals surface area contributed by atoms with Gasteiger partial charge in [0.25, 0.3) is 0 Å². The highest BCUT2D eigenvalue weighted by molar-refractivity contribution is 7.99. The zero-order valence-electron chi connectivity index (χ0n) is 15.3. The van der Waals surface area contributed by atoms with Gasteiger partial charge in [0.05, 0.1) is 16.0 Å². The fourth-order valence-electron chi connectivity index (χ4n) is 2.76. The van der Waals surface area contributed by atoms with Gasteiger partial charge >= 0.3 is 5.69 Å². The molecular formula is C18H22N6O2S. The van der Waals surface area contributed by atoms with Crippen LogP contribution in [0.4, 0.5) is 17.3 Å². The number of nitrogens with one attached hydrogen (secondary N) is 2. The van der Waals surface area contributed by atoms with Gasteiger partial charge in [0.15, 0.2) is 5.16 Å². The van der Waals surface area contributed by atoms with Crippen LogP contribution >= 0.6 is 11.8 Å². The highest BCUT2D eigenvalue weighted by Gasteiger charge is 2.17. The number of imidazole rings is 1. The molecule has 2 aromatic heterocycles. The molecule has 0 radical (unpaired) electrons. The number of hydrogen-bond donors (Lipinski definition) is 2. The van der Waals surface area contributed by atoms with E-state index in [1.165, 1.54) is 6.07 Å². The average Bonchev–Trinajstić information content (AvgIpc) is 3.09. The topological polar surface area (TPSA) is 100.0 Å². The SMILES string of the molecule is CCN(CC)c1ccc([N+](=O)[O-])c(NCCSc2nc3ccccc3[nH]2)n1.